The van der Waals surface area contributed by atoms with Crippen molar-refractivity contribution in [1.82, 2.24) is 5.32 Å². The predicted octanol–water partition coefficient (Wildman–Crippen LogP) is 2.92. The Bertz CT molecular complexity index is 172. The van der Waals surface area contributed by atoms with E-state index in [4.69, 9.17) is 5.73 Å². The van der Waals surface area contributed by atoms with Gasteiger partial charge in [0, 0.05) is 6.54 Å². The van der Waals surface area contributed by atoms with Crippen LogP contribution < -0.4 is 11.1 Å². The highest BCUT2D eigenvalue weighted by molar-refractivity contribution is 4.87. The van der Waals surface area contributed by atoms with Crippen molar-refractivity contribution in [3.63, 3.8) is 0 Å². The molecule has 1 rings (SSSR count). The van der Waals surface area contributed by atoms with Crippen LogP contribution in [0.25, 0.3) is 0 Å². The molecule has 96 valence electrons. The van der Waals surface area contributed by atoms with Gasteiger partial charge >= 0.3 is 0 Å². The molecular weight excluding hydrogens is 196 g/mol. The van der Waals surface area contributed by atoms with Crippen LogP contribution in [0.4, 0.5) is 0 Å². The first-order chi connectivity index (χ1) is 7.68. The summed E-state index contributed by atoms with van der Waals surface area (Å²) < 4.78 is 0. The maximum Gasteiger partial charge on any atom is 0.000790 e. The number of unbranched alkanes of at least 4 members (excludes halogenated alkanes) is 1. The van der Waals surface area contributed by atoms with Crippen LogP contribution in [0.15, 0.2) is 0 Å². The highest BCUT2D eigenvalue weighted by Gasteiger charge is 2.33. The fourth-order valence-corrected chi connectivity index (χ4v) is 3.19. The molecule has 0 heterocycles. The van der Waals surface area contributed by atoms with Crippen LogP contribution in [0.5, 0.6) is 0 Å². The first kappa shape index (κ1) is 14.0. The first-order valence-corrected chi connectivity index (χ1v) is 7.09. The van der Waals surface area contributed by atoms with Gasteiger partial charge in [-0.15, -0.1) is 0 Å². The van der Waals surface area contributed by atoms with Crippen LogP contribution in [0.1, 0.15) is 58.8 Å². The van der Waals surface area contributed by atoms with Crippen LogP contribution in [-0.2, 0) is 0 Å². The number of rotatable bonds is 8. The van der Waals surface area contributed by atoms with Crippen molar-refractivity contribution >= 4 is 0 Å². The molecule has 0 aliphatic heterocycles. The molecule has 0 radical (unpaired) electrons. The second kappa shape index (κ2) is 7.29. The van der Waals surface area contributed by atoms with Crippen LogP contribution in [0.2, 0.25) is 0 Å². The number of hydrogen-bond acceptors (Lipinski definition) is 2. The Morgan fingerprint density at radius 3 is 2.44 bits per heavy atom. The summed E-state index contributed by atoms with van der Waals surface area (Å²) in [5.41, 5.74) is 6.12. The quantitative estimate of drug-likeness (QED) is 0.625. The Kier molecular flexibility index (Phi) is 6.37. The van der Waals surface area contributed by atoms with Gasteiger partial charge in [-0.1, -0.05) is 26.7 Å². The van der Waals surface area contributed by atoms with Crippen molar-refractivity contribution in [2.24, 2.45) is 17.1 Å². The average Bonchev–Trinajstić information content (AvgIpc) is 2.65. The molecule has 1 fully saturated rings. The maximum atomic E-state index is 5.50. The Hall–Kier alpha value is -0.0800. The van der Waals surface area contributed by atoms with E-state index in [2.05, 4.69) is 19.2 Å². The van der Waals surface area contributed by atoms with Gasteiger partial charge in [0.25, 0.3) is 0 Å². The van der Waals surface area contributed by atoms with Crippen molar-refractivity contribution in [1.29, 1.82) is 0 Å². The van der Waals surface area contributed by atoms with Crippen LogP contribution in [-0.4, -0.2) is 19.6 Å². The minimum Gasteiger partial charge on any atom is -0.330 e. The molecule has 1 saturated carbocycles. The van der Waals surface area contributed by atoms with Crippen LogP contribution >= 0.6 is 0 Å². The SMILES string of the molecule is CC(C)CC1(CNCCCCN)CCCC1. The Balaban J connectivity index is 2.22. The van der Waals surface area contributed by atoms with Gasteiger partial charge in [0.15, 0.2) is 0 Å². The van der Waals surface area contributed by atoms with E-state index in [0.717, 1.165) is 25.4 Å². The number of nitrogens with one attached hydrogen (secondary N) is 1. The molecule has 0 spiro atoms. The molecular formula is C14H30N2. The third-order valence-corrected chi connectivity index (χ3v) is 3.81. The van der Waals surface area contributed by atoms with E-state index in [1.165, 1.54) is 45.1 Å². The number of hydrogen-bond donors (Lipinski definition) is 2. The van der Waals surface area contributed by atoms with Gasteiger partial charge in [-0.05, 0) is 56.5 Å². The Morgan fingerprint density at radius 1 is 1.19 bits per heavy atom. The molecule has 2 nitrogen and oxygen atoms in total. The molecule has 0 amide bonds. The van der Waals surface area contributed by atoms with Gasteiger partial charge in [0.1, 0.15) is 0 Å². The third-order valence-electron chi connectivity index (χ3n) is 3.81. The molecule has 0 saturated heterocycles. The highest BCUT2D eigenvalue weighted by Crippen LogP contribution is 2.42. The first-order valence-electron chi connectivity index (χ1n) is 7.09. The smallest absolute Gasteiger partial charge is 0.000790 e. The molecule has 0 unspecified atom stereocenters. The van der Waals surface area contributed by atoms with Gasteiger partial charge in [0.2, 0.25) is 0 Å². The van der Waals surface area contributed by atoms with Gasteiger partial charge in [0.05, 0.1) is 0 Å². The largest absolute Gasteiger partial charge is 0.330 e. The lowest BCUT2D eigenvalue weighted by atomic mass is 9.78. The third kappa shape index (κ3) is 4.84. The zero-order valence-corrected chi connectivity index (χ0v) is 11.2. The standard InChI is InChI=1S/C14H30N2/c1-13(2)11-14(7-3-4-8-14)12-16-10-6-5-9-15/h13,16H,3-12,15H2,1-2H3. The molecule has 1 aliphatic carbocycles. The monoisotopic (exact) mass is 226 g/mol. The lowest BCUT2D eigenvalue weighted by molar-refractivity contribution is 0.224. The van der Waals surface area contributed by atoms with Crippen LogP contribution in [0.3, 0.4) is 0 Å². The van der Waals surface area contributed by atoms with Crippen molar-refractivity contribution in [2.75, 3.05) is 19.6 Å². The second-order valence-corrected chi connectivity index (χ2v) is 5.98. The van der Waals surface area contributed by atoms with E-state index >= 15 is 0 Å². The summed E-state index contributed by atoms with van der Waals surface area (Å²) in [7, 11) is 0. The molecule has 16 heavy (non-hydrogen) atoms. The molecule has 2 heteroatoms. The highest BCUT2D eigenvalue weighted by atomic mass is 14.9. The summed E-state index contributed by atoms with van der Waals surface area (Å²) in [4.78, 5) is 0. The molecule has 0 bridgehead atoms. The van der Waals surface area contributed by atoms with E-state index in [9.17, 15) is 0 Å². The fraction of sp³-hybridized carbons (Fsp3) is 1.00. The average molecular weight is 226 g/mol. The van der Waals surface area contributed by atoms with Crippen molar-refractivity contribution in [3.05, 3.63) is 0 Å². The Labute approximate surface area is 101 Å². The zero-order chi connectivity index (χ0) is 11.9. The lowest BCUT2D eigenvalue weighted by Crippen LogP contribution is -2.34. The minimum atomic E-state index is 0.622. The van der Waals surface area contributed by atoms with E-state index in [1.54, 1.807) is 0 Å². The van der Waals surface area contributed by atoms with E-state index < -0.39 is 0 Å². The second-order valence-electron chi connectivity index (χ2n) is 5.98. The van der Waals surface area contributed by atoms with Crippen molar-refractivity contribution in [3.8, 4) is 0 Å². The van der Waals surface area contributed by atoms with Crippen LogP contribution in [0, 0.1) is 11.3 Å². The van der Waals surface area contributed by atoms with Gasteiger partial charge in [-0.3, -0.25) is 0 Å². The topological polar surface area (TPSA) is 38.0 Å². The minimum absolute atomic E-state index is 0.622. The summed E-state index contributed by atoms with van der Waals surface area (Å²) in [5.74, 6) is 0.837. The fourth-order valence-electron chi connectivity index (χ4n) is 3.19. The summed E-state index contributed by atoms with van der Waals surface area (Å²) >= 11 is 0. The van der Waals surface area contributed by atoms with Gasteiger partial charge in [-0.2, -0.15) is 0 Å². The summed E-state index contributed by atoms with van der Waals surface area (Å²) in [5, 5.41) is 3.65. The molecule has 0 aromatic carbocycles. The maximum absolute atomic E-state index is 5.50. The molecule has 1 aliphatic rings. The number of nitrogens with two attached hydrogens (primary N) is 1. The van der Waals surface area contributed by atoms with Crippen molar-refractivity contribution < 1.29 is 0 Å². The van der Waals surface area contributed by atoms with Crippen molar-refractivity contribution in [2.45, 2.75) is 58.8 Å². The predicted molar refractivity (Wildman–Crippen MR) is 71.5 cm³/mol. The lowest BCUT2D eigenvalue weighted by Gasteiger charge is -2.31. The molecule has 0 aromatic heterocycles. The molecule has 0 aromatic rings. The zero-order valence-electron chi connectivity index (χ0n) is 11.2. The summed E-state index contributed by atoms with van der Waals surface area (Å²) in [6.45, 7) is 7.93. The summed E-state index contributed by atoms with van der Waals surface area (Å²) in [6.07, 6.45) is 9.55. The normalized spacial score (nSPS) is 19.5. The van der Waals surface area contributed by atoms with E-state index in [-0.39, 0.29) is 0 Å². The Morgan fingerprint density at radius 2 is 1.88 bits per heavy atom. The molecule has 3 N–H and O–H groups in total. The van der Waals surface area contributed by atoms with E-state index in [0.29, 0.717) is 5.41 Å². The molecule has 0 atom stereocenters. The summed E-state index contributed by atoms with van der Waals surface area (Å²) in [6, 6.07) is 0. The van der Waals surface area contributed by atoms with Gasteiger partial charge < -0.3 is 11.1 Å². The van der Waals surface area contributed by atoms with E-state index in [1.807, 2.05) is 0 Å². The van der Waals surface area contributed by atoms with Gasteiger partial charge in [-0.25, -0.2) is 0 Å².